The molecule has 2 heterocycles. The van der Waals surface area contributed by atoms with Gasteiger partial charge in [0.25, 0.3) is 5.91 Å². The largest absolute Gasteiger partial charge is 0.326 e. The molecule has 166 valence electrons. The van der Waals surface area contributed by atoms with E-state index in [1.165, 1.54) is 6.92 Å². The molecule has 3 atom stereocenters. The van der Waals surface area contributed by atoms with E-state index < -0.39 is 24.0 Å². The van der Waals surface area contributed by atoms with E-state index in [1.807, 2.05) is 42.5 Å². The number of carbonyl (C=O) groups excluding carboxylic acids is 3. The van der Waals surface area contributed by atoms with Crippen molar-refractivity contribution in [3.05, 3.63) is 89.4 Å². The molecule has 3 aromatic rings. The van der Waals surface area contributed by atoms with Crippen molar-refractivity contribution in [3.8, 4) is 0 Å². The van der Waals surface area contributed by atoms with Gasteiger partial charge in [0.2, 0.25) is 11.8 Å². The minimum Gasteiger partial charge on any atom is -0.326 e. The van der Waals surface area contributed by atoms with E-state index in [-0.39, 0.29) is 11.8 Å². The molecule has 3 unspecified atom stereocenters. The van der Waals surface area contributed by atoms with E-state index in [0.29, 0.717) is 16.4 Å². The quantitative estimate of drug-likeness (QED) is 0.584. The van der Waals surface area contributed by atoms with Gasteiger partial charge in [0, 0.05) is 12.6 Å². The van der Waals surface area contributed by atoms with Crippen LogP contribution in [0, 0.1) is 5.92 Å². The Labute approximate surface area is 195 Å². The molecule has 0 aromatic heterocycles. The van der Waals surface area contributed by atoms with E-state index in [1.54, 1.807) is 41.5 Å². The topological polar surface area (TPSA) is 79.0 Å². The van der Waals surface area contributed by atoms with Crippen molar-refractivity contribution >= 4 is 46.4 Å². The first-order valence-corrected chi connectivity index (χ1v) is 10.8. The van der Waals surface area contributed by atoms with Gasteiger partial charge in [-0.1, -0.05) is 54.1 Å². The van der Waals surface area contributed by atoms with Gasteiger partial charge in [-0.15, -0.1) is 0 Å². The Morgan fingerprint density at radius 3 is 2.24 bits per heavy atom. The fourth-order valence-electron chi connectivity index (χ4n) is 4.39. The number of carbonyl (C=O) groups is 3. The molecule has 2 saturated heterocycles. The third kappa shape index (κ3) is 3.65. The van der Waals surface area contributed by atoms with Crippen molar-refractivity contribution in [1.82, 2.24) is 0 Å². The van der Waals surface area contributed by atoms with E-state index in [2.05, 4.69) is 5.32 Å². The van der Waals surface area contributed by atoms with Gasteiger partial charge in [0.1, 0.15) is 5.92 Å². The van der Waals surface area contributed by atoms with Crippen LogP contribution < -0.4 is 15.3 Å². The molecule has 0 spiro atoms. The van der Waals surface area contributed by atoms with Crippen molar-refractivity contribution < 1.29 is 19.2 Å². The zero-order valence-electron chi connectivity index (χ0n) is 17.6. The molecular formula is C25H20ClN3O4. The molecule has 2 aliphatic heterocycles. The summed E-state index contributed by atoms with van der Waals surface area (Å²) in [6, 6.07) is 22.7. The van der Waals surface area contributed by atoms with Crippen molar-refractivity contribution in [1.29, 1.82) is 0 Å². The lowest BCUT2D eigenvalue weighted by molar-refractivity contribution is -0.126. The van der Waals surface area contributed by atoms with Gasteiger partial charge in [-0.3, -0.25) is 19.2 Å². The molecule has 8 heteroatoms. The number of imide groups is 1. The second-order valence-electron chi connectivity index (χ2n) is 7.92. The fraction of sp³-hybridized carbons (Fsp3) is 0.160. The minimum atomic E-state index is -0.978. The van der Waals surface area contributed by atoms with Crippen molar-refractivity contribution in [2.24, 2.45) is 5.92 Å². The lowest BCUT2D eigenvalue weighted by atomic mass is 9.90. The molecule has 3 aromatic carbocycles. The number of hydrogen-bond acceptors (Lipinski definition) is 5. The average molecular weight is 462 g/mol. The van der Waals surface area contributed by atoms with Crippen LogP contribution in [-0.4, -0.2) is 23.8 Å². The predicted octanol–water partition coefficient (Wildman–Crippen LogP) is 4.35. The summed E-state index contributed by atoms with van der Waals surface area (Å²) in [6.45, 7) is 1.44. The maximum Gasteiger partial charge on any atom is 0.266 e. The Hall–Kier alpha value is -3.68. The highest BCUT2D eigenvalue weighted by Crippen LogP contribution is 2.48. The molecule has 2 fully saturated rings. The lowest BCUT2D eigenvalue weighted by Gasteiger charge is -2.29. The summed E-state index contributed by atoms with van der Waals surface area (Å²) >= 11 is 6.30. The fourth-order valence-corrected chi connectivity index (χ4v) is 4.61. The zero-order valence-corrected chi connectivity index (χ0v) is 18.4. The first-order chi connectivity index (χ1) is 16.0. The van der Waals surface area contributed by atoms with E-state index in [4.69, 9.17) is 16.4 Å². The maximum absolute atomic E-state index is 13.6. The highest BCUT2D eigenvalue weighted by atomic mass is 35.5. The summed E-state index contributed by atoms with van der Waals surface area (Å²) in [7, 11) is 0. The minimum absolute atomic E-state index is 0.176. The first-order valence-electron chi connectivity index (χ1n) is 10.5. The average Bonchev–Trinajstić information content (AvgIpc) is 3.31. The number of amides is 3. The van der Waals surface area contributed by atoms with Crippen LogP contribution in [-0.2, 0) is 19.2 Å². The summed E-state index contributed by atoms with van der Waals surface area (Å²) in [4.78, 5) is 45.6. The summed E-state index contributed by atoms with van der Waals surface area (Å²) in [6.07, 6.45) is -0.978. The third-order valence-corrected chi connectivity index (χ3v) is 6.11. The summed E-state index contributed by atoms with van der Waals surface area (Å²) in [5.74, 6) is -1.76. The van der Waals surface area contributed by atoms with Gasteiger partial charge < -0.3 is 5.32 Å². The Morgan fingerprint density at radius 2 is 1.58 bits per heavy atom. The number of fused-ring (bicyclic) bond motifs is 1. The second-order valence-corrected chi connectivity index (χ2v) is 8.33. The monoisotopic (exact) mass is 461 g/mol. The molecule has 3 amide bonds. The number of rotatable bonds is 4. The van der Waals surface area contributed by atoms with Gasteiger partial charge in [-0.25, -0.2) is 9.96 Å². The number of hydroxylamine groups is 1. The number of para-hydroxylation sites is 2. The molecule has 1 N–H and O–H groups in total. The molecule has 2 aliphatic rings. The first kappa shape index (κ1) is 21.2. The van der Waals surface area contributed by atoms with Crippen molar-refractivity contribution in [3.63, 3.8) is 0 Å². The number of halogens is 1. The number of nitrogens with zero attached hydrogens (tertiary/aromatic N) is 2. The molecule has 5 rings (SSSR count). The standard InChI is InChI=1S/C25H20ClN3O4/c1-15(30)27-17-13-11-16(12-14-17)22-21-23(33-29(22)18-7-3-2-4-8-18)25(32)28(24(21)31)20-10-6-5-9-19(20)26/h2-14,21-23H,1H3,(H,27,30). The predicted molar refractivity (Wildman–Crippen MR) is 125 cm³/mol. The molecule has 0 bridgehead atoms. The van der Waals surface area contributed by atoms with Crippen molar-refractivity contribution in [2.75, 3.05) is 15.3 Å². The summed E-state index contributed by atoms with van der Waals surface area (Å²) in [5, 5.41) is 4.68. The lowest BCUT2D eigenvalue weighted by Crippen LogP contribution is -2.37. The van der Waals surface area contributed by atoms with Gasteiger partial charge in [0.05, 0.1) is 22.4 Å². The maximum atomic E-state index is 13.6. The third-order valence-electron chi connectivity index (χ3n) is 5.79. The smallest absolute Gasteiger partial charge is 0.266 e. The van der Waals surface area contributed by atoms with Crippen LogP contribution in [0.5, 0.6) is 0 Å². The Morgan fingerprint density at radius 1 is 0.909 bits per heavy atom. The highest BCUT2D eigenvalue weighted by molar-refractivity contribution is 6.36. The van der Waals surface area contributed by atoms with Gasteiger partial charge in [-0.05, 0) is 42.0 Å². The van der Waals surface area contributed by atoms with Gasteiger partial charge >= 0.3 is 0 Å². The van der Waals surface area contributed by atoms with E-state index in [9.17, 15) is 14.4 Å². The Kier molecular flexibility index (Phi) is 5.36. The number of benzene rings is 3. The summed E-state index contributed by atoms with van der Waals surface area (Å²) < 4.78 is 0. The van der Waals surface area contributed by atoms with Crippen LogP contribution in [0.2, 0.25) is 5.02 Å². The normalized spacial score (nSPS) is 21.9. The molecule has 33 heavy (non-hydrogen) atoms. The van der Waals surface area contributed by atoms with Crippen LogP contribution in [0.15, 0.2) is 78.9 Å². The molecular weight excluding hydrogens is 442 g/mol. The zero-order chi connectivity index (χ0) is 23.1. The molecule has 0 radical (unpaired) electrons. The van der Waals surface area contributed by atoms with Crippen LogP contribution in [0.1, 0.15) is 18.5 Å². The van der Waals surface area contributed by atoms with Crippen LogP contribution in [0.3, 0.4) is 0 Å². The Bertz CT molecular complexity index is 1230. The van der Waals surface area contributed by atoms with E-state index >= 15 is 0 Å². The van der Waals surface area contributed by atoms with Gasteiger partial charge in [0.15, 0.2) is 6.10 Å². The molecule has 0 saturated carbocycles. The summed E-state index contributed by atoms with van der Waals surface area (Å²) in [5.41, 5.74) is 2.49. The SMILES string of the molecule is CC(=O)Nc1ccc(C2C3C(=O)N(c4ccccc4Cl)C(=O)C3ON2c2ccccc2)cc1. The Balaban J connectivity index is 1.56. The second kappa shape index (κ2) is 8.35. The highest BCUT2D eigenvalue weighted by Gasteiger charge is 2.60. The van der Waals surface area contributed by atoms with Crippen LogP contribution >= 0.6 is 11.6 Å². The number of hydrogen-bond donors (Lipinski definition) is 1. The number of nitrogens with one attached hydrogen (secondary N) is 1. The number of anilines is 3. The van der Waals surface area contributed by atoms with Crippen molar-refractivity contribution in [2.45, 2.75) is 19.1 Å². The van der Waals surface area contributed by atoms with Crippen LogP contribution in [0.4, 0.5) is 17.1 Å². The van der Waals surface area contributed by atoms with Gasteiger partial charge in [-0.2, -0.15) is 0 Å². The van der Waals surface area contributed by atoms with Crippen LogP contribution in [0.25, 0.3) is 0 Å². The molecule has 0 aliphatic carbocycles. The molecule has 7 nitrogen and oxygen atoms in total. The van der Waals surface area contributed by atoms with E-state index in [0.717, 1.165) is 16.2 Å².